The van der Waals surface area contributed by atoms with E-state index in [9.17, 15) is 58.6 Å². The Hall–Kier alpha value is -2.89. The molecular formula is C49H82O17P2. The minimum atomic E-state index is -5.38. The maximum Gasteiger partial charge on any atom is 0.472 e. The number of hydrogen-bond acceptors (Lipinski definition) is 14. The topological polar surface area (TPSA) is 273 Å². The average molecular weight is 1010 g/mol. The number of ketones is 1. The number of hydrogen-bond donors (Lipinski definition) is 7. The normalized spacial score (nSPS) is 21.8. The lowest BCUT2D eigenvalue weighted by Crippen LogP contribution is -2.64. The Balaban J connectivity index is 2.61. The van der Waals surface area contributed by atoms with Gasteiger partial charge in [0.25, 0.3) is 0 Å². The molecule has 8 atom stereocenters. The van der Waals surface area contributed by atoms with Gasteiger partial charge in [0.1, 0.15) is 43.2 Å². The molecule has 7 N–H and O–H groups in total. The van der Waals surface area contributed by atoms with Crippen molar-refractivity contribution in [3.8, 4) is 0 Å². The number of unbranched alkanes of at least 4 members (excludes halogenated alkanes) is 13. The van der Waals surface area contributed by atoms with Crippen LogP contribution < -0.4 is 0 Å². The Bertz CT molecular complexity index is 1650. The first kappa shape index (κ1) is 63.1. The van der Waals surface area contributed by atoms with Crippen molar-refractivity contribution in [2.75, 3.05) is 13.2 Å². The lowest BCUT2D eigenvalue weighted by Gasteiger charge is -2.43. The van der Waals surface area contributed by atoms with E-state index in [0.717, 1.165) is 116 Å². The van der Waals surface area contributed by atoms with Crippen molar-refractivity contribution in [3.05, 3.63) is 72.9 Å². The zero-order valence-corrected chi connectivity index (χ0v) is 42.0. The molecule has 0 aromatic carbocycles. The van der Waals surface area contributed by atoms with Gasteiger partial charge in [-0.25, -0.2) is 9.13 Å². The number of phosphoric ester groups is 2. The van der Waals surface area contributed by atoms with Crippen molar-refractivity contribution in [1.29, 1.82) is 0 Å². The molecule has 0 radical (unpaired) electrons. The van der Waals surface area contributed by atoms with E-state index in [2.05, 4.69) is 67.0 Å². The molecule has 0 amide bonds. The highest BCUT2D eigenvalue weighted by Gasteiger charge is 2.54. The van der Waals surface area contributed by atoms with Crippen LogP contribution in [0, 0.1) is 0 Å². The SMILES string of the molecule is CC/C=C\C/C=C\C/C=C\C/C=C\CCCCCCCCC(=O)O[C@H](COC(=O)CCCCCCC/C=C\C=C\C(=O)CCCCC)COP(=O)(O)O[C@H]1C(O)C(O)C(O)[C@@H](OP(=O)(O)O)C1O. The first-order valence-electron chi connectivity index (χ1n) is 24.4. The van der Waals surface area contributed by atoms with E-state index in [0.29, 0.717) is 19.3 Å². The number of phosphoric acid groups is 2. The Kier molecular flexibility index (Phi) is 36.0. The van der Waals surface area contributed by atoms with E-state index in [1.165, 1.54) is 0 Å². The predicted molar refractivity (Wildman–Crippen MR) is 260 cm³/mol. The summed E-state index contributed by atoms with van der Waals surface area (Å²) in [6, 6.07) is 0. The molecule has 19 heteroatoms. The zero-order valence-electron chi connectivity index (χ0n) is 40.3. The third kappa shape index (κ3) is 32.8. The molecule has 1 fully saturated rings. The first-order valence-corrected chi connectivity index (χ1v) is 27.5. The zero-order chi connectivity index (χ0) is 50.5. The van der Waals surface area contributed by atoms with Gasteiger partial charge >= 0.3 is 27.6 Å². The number of allylic oxidation sites excluding steroid dienone is 12. The molecule has 0 spiro atoms. The molecule has 1 aliphatic carbocycles. The molecule has 0 saturated heterocycles. The van der Waals surface area contributed by atoms with Crippen LogP contribution in [-0.4, -0.2) is 109 Å². The van der Waals surface area contributed by atoms with E-state index in [1.54, 1.807) is 12.2 Å². The molecule has 1 aliphatic rings. The minimum Gasteiger partial charge on any atom is -0.462 e. The van der Waals surface area contributed by atoms with Gasteiger partial charge in [-0.1, -0.05) is 138 Å². The monoisotopic (exact) mass is 1000 g/mol. The van der Waals surface area contributed by atoms with E-state index >= 15 is 0 Å². The summed E-state index contributed by atoms with van der Waals surface area (Å²) in [4.78, 5) is 66.1. The third-order valence-corrected chi connectivity index (χ3v) is 12.2. The predicted octanol–water partition coefficient (Wildman–Crippen LogP) is 8.80. The number of carbonyl (C=O) groups excluding carboxylic acids is 3. The van der Waals surface area contributed by atoms with Gasteiger partial charge < -0.3 is 44.6 Å². The van der Waals surface area contributed by atoms with E-state index in [1.807, 2.05) is 12.2 Å². The van der Waals surface area contributed by atoms with Crippen LogP contribution >= 0.6 is 15.6 Å². The highest BCUT2D eigenvalue weighted by molar-refractivity contribution is 7.47. The fourth-order valence-electron chi connectivity index (χ4n) is 6.94. The number of aliphatic hydroxyl groups excluding tert-OH is 4. The van der Waals surface area contributed by atoms with E-state index in [4.69, 9.17) is 18.5 Å². The molecule has 0 aliphatic heterocycles. The summed E-state index contributed by atoms with van der Waals surface area (Å²) in [6.07, 6.45) is 28.3. The Morgan fingerprint density at radius 3 is 1.60 bits per heavy atom. The molecule has 1 saturated carbocycles. The quantitative estimate of drug-likeness (QED) is 0.00754. The number of ether oxygens (including phenoxy) is 2. The summed E-state index contributed by atoms with van der Waals surface area (Å²) >= 11 is 0. The molecule has 68 heavy (non-hydrogen) atoms. The van der Waals surface area contributed by atoms with Crippen LogP contribution in [-0.2, 0) is 46.6 Å². The van der Waals surface area contributed by atoms with Gasteiger partial charge in [-0.2, -0.15) is 0 Å². The standard InChI is InChI=1S/C49H82O17P2/c1-3-5-7-8-9-10-11-12-13-14-15-16-17-18-19-22-26-29-33-37-43(52)64-41(38-62-42(51)36-32-28-25-23-20-21-24-27-31-35-40(50)34-30-6-4-2)39-63-68(60,61)66-49-46(55)44(53)45(54)48(47(49)56)65-67(57,58)59/h5,7,9-10,12-13,15-16,24,27,31,35,41,44-49,53-56H,3-4,6,8,11,14,17-23,25-26,28-30,32-34,36-39H2,1-2H3,(H,60,61)(H2,57,58,59)/b7-5-,10-9-,13-12-,16-15-,27-24-,35-31+/t41-,44?,45?,46?,47?,48-,49+/m1/s1. The first-order chi connectivity index (χ1) is 32.5. The van der Waals surface area contributed by atoms with Crippen molar-refractivity contribution in [2.45, 2.75) is 204 Å². The van der Waals surface area contributed by atoms with Crippen LogP contribution in [0.25, 0.3) is 0 Å². The van der Waals surface area contributed by atoms with Gasteiger partial charge in [0.15, 0.2) is 11.9 Å². The highest BCUT2D eigenvalue weighted by Crippen LogP contribution is 2.49. The fourth-order valence-corrected chi connectivity index (χ4v) is 8.48. The van der Waals surface area contributed by atoms with Crippen LogP contribution in [0.4, 0.5) is 0 Å². The highest BCUT2D eigenvalue weighted by atomic mass is 31.2. The van der Waals surface area contributed by atoms with E-state index < -0.39 is 83.5 Å². The molecule has 17 nitrogen and oxygen atoms in total. The van der Waals surface area contributed by atoms with Crippen LogP contribution in [0.2, 0.25) is 0 Å². The van der Waals surface area contributed by atoms with Crippen molar-refractivity contribution in [2.24, 2.45) is 0 Å². The fraction of sp³-hybridized carbons (Fsp3) is 0.694. The maximum atomic E-state index is 13.0. The molecular weight excluding hydrogens is 922 g/mol. The van der Waals surface area contributed by atoms with Gasteiger partial charge in [0, 0.05) is 19.3 Å². The molecule has 0 aromatic rings. The van der Waals surface area contributed by atoms with Gasteiger partial charge in [0.2, 0.25) is 0 Å². The molecule has 390 valence electrons. The largest absolute Gasteiger partial charge is 0.472 e. The Morgan fingerprint density at radius 2 is 1.03 bits per heavy atom. The number of esters is 2. The molecule has 0 heterocycles. The maximum absolute atomic E-state index is 13.0. The van der Waals surface area contributed by atoms with Crippen LogP contribution in [0.1, 0.15) is 162 Å². The summed E-state index contributed by atoms with van der Waals surface area (Å²) in [6.45, 7) is 2.80. The van der Waals surface area contributed by atoms with Gasteiger partial charge in [-0.15, -0.1) is 0 Å². The number of aliphatic hydroxyl groups is 4. The van der Waals surface area contributed by atoms with Crippen LogP contribution in [0.5, 0.6) is 0 Å². The average Bonchev–Trinajstić information content (AvgIpc) is 3.29. The molecule has 0 bridgehead atoms. The summed E-state index contributed by atoms with van der Waals surface area (Å²) < 4.78 is 49.4. The molecule has 0 aromatic heterocycles. The number of carbonyl (C=O) groups is 3. The van der Waals surface area contributed by atoms with Crippen molar-refractivity contribution >= 4 is 33.4 Å². The second-order valence-corrected chi connectivity index (χ2v) is 19.4. The van der Waals surface area contributed by atoms with Gasteiger partial charge in [-0.05, 0) is 76.7 Å². The second kappa shape index (κ2) is 38.8. The smallest absolute Gasteiger partial charge is 0.462 e. The summed E-state index contributed by atoms with van der Waals surface area (Å²) in [5, 5.41) is 41.3. The van der Waals surface area contributed by atoms with Crippen molar-refractivity contribution in [1.82, 2.24) is 0 Å². The van der Waals surface area contributed by atoms with Gasteiger partial charge in [0.05, 0.1) is 6.61 Å². The van der Waals surface area contributed by atoms with Crippen molar-refractivity contribution in [3.63, 3.8) is 0 Å². The Morgan fingerprint density at radius 1 is 0.529 bits per heavy atom. The summed E-state index contributed by atoms with van der Waals surface area (Å²) in [5.74, 6) is -1.16. The lowest BCUT2D eigenvalue weighted by molar-refractivity contribution is -0.216. The summed E-state index contributed by atoms with van der Waals surface area (Å²) in [7, 11) is -10.7. The number of rotatable bonds is 40. The second-order valence-electron chi connectivity index (χ2n) is 16.8. The molecule has 5 unspecified atom stereocenters. The van der Waals surface area contributed by atoms with E-state index in [-0.39, 0.29) is 18.6 Å². The molecule has 1 rings (SSSR count). The van der Waals surface area contributed by atoms with Gasteiger partial charge in [-0.3, -0.25) is 28.0 Å². The Labute approximate surface area is 404 Å². The van der Waals surface area contributed by atoms with Crippen LogP contribution in [0.15, 0.2) is 72.9 Å². The van der Waals surface area contributed by atoms with Crippen LogP contribution in [0.3, 0.4) is 0 Å². The third-order valence-electron chi connectivity index (χ3n) is 10.7. The minimum absolute atomic E-state index is 0.00656. The lowest BCUT2D eigenvalue weighted by atomic mass is 9.85. The summed E-state index contributed by atoms with van der Waals surface area (Å²) in [5.41, 5.74) is 0. The van der Waals surface area contributed by atoms with Crippen molar-refractivity contribution < 1.29 is 81.7 Å².